The van der Waals surface area contributed by atoms with E-state index in [1.807, 2.05) is 6.07 Å². The van der Waals surface area contributed by atoms with Gasteiger partial charge >= 0.3 is 0 Å². The molecule has 0 spiro atoms. The van der Waals surface area contributed by atoms with E-state index in [0.29, 0.717) is 13.2 Å². The van der Waals surface area contributed by atoms with Gasteiger partial charge in [-0.15, -0.1) is 0 Å². The highest BCUT2D eigenvalue weighted by atomic mass is 79.9. The lowest BCUT2D eigenvalue weighted by Crippen LogP contribution is -2.19. The largest absolute Gasteiger partial charge is 0.443 e. The summed E-state index contributed by atoms with van der Waals surface area (Å²) in [5.74, 6) is 0.806. The minimum atomic E-state index is 0.662. The molecule has 102 valence electrons. The highest BCUT2D eigenvalue weighted by Crippen LogP contribution is 2.31. The Bertz CT molecular complexity index is 540. The molecule has 0 atom stereocenters. The van der Waals surface area contributed by atoms with Crippen molar-refractivity contribution in [2.24, 2.45) is 0 Å². The predicted octanol–water partition coefficient (Wildman–Crippen LogP) is 3.15. The van der Waals surface area contributed by atoms with Gasteiger partial charge in [0.25, 0.3) is 0 Å². The SMILES string of the molecule is COCCNCc1ncoc1-c1cc(C)ccc1Br. The fraction of sp³-hybridized carbons (Fsp3) is 0.357. The molecule has 0 aliphatic carbocycles. The Labute approximate surface area is 121 Å². The second kappa shape index (κ2) is 6.84. The number of rotatable bonds is 6. The van der Waals surface area contributed by atoms with Gasteiger partial charge < -0.3 is 14.5 Å². The van der Waals surface area contributed by atoms with Gasteiger partial charge in [-0.05, 0) is 19.1 Å². The number of hydrogen-bond acceptors (Lipinski definition) is 4. The van der Waals surface area contributed by atoms with E-state index >= 15 is 0 Å². The fourth-order valence-corrected chi connectivity index (χ4v) is 2.24. The Kier molecular flexibility index (Phi) is 5.13. The molecular formula is C14H17BrN2O2. The number of ether oxygens (including phenoxy) is 1. The predicted molar refractivity (Wildman–Crippen MR) is 78.0 cm³/mol. The molecule has 0 aliphatic heterocycles. The van der Waals surface area contributed by atoms with Crippen molar-refractivity contribution in [3.8, 4) is 11.3 Å². The van der Waals surface area contributed by atoms with Gasteiger partial charge in [-0.3, -0.25) is 0 Å². The minimum Gasteiger partial charge on any atom is -0.443 e. The molecule has 0 radical (unpaired) electrons. The second-order valence-electron chi connectivity index (χ2n) is 4.28. The molecular weight excluding hydrogens is 308 g/mol. The van der Waals surface area contributed by atoms with Gasteiger partial charge in [0.15, 0.2) is 12.2 Å². The Hall–Kier alpha value is -1.17. The Morgan fingerprint density at radius 1 is 1.42 bits per heavy atom. The molecule has 0 aliphatic rings. The molecule has 2 aromatic rings. The van der Waals surface area contributed by atoms with Crippen LogP contribution in [0.25, 0.3) is 11.3 Å². The van der Waals surface area contributed by atoms with Crippen molar-refractivity contribution in [1.82, 2.24) is 10.3 Å². The molecule has 2 rings (SSSR count). The normalized spacial score (nSPS) is 10.9. The molecule has 5 heteroatoms. The molecule has 0 saturated heterocycles. The number of benzene rings is 1. The highest BCUT2D eigenvalue weighted by Gasteiger charge is 2.13. The van der Waals surface area contributed by atoms with Crippen LogP contribution in [0.4, 0.5) is 0 Å². The average molecular weight is 325 g/mol. The molecule has 1 N–H and O–H groups in total. The maximum atomic E-state index is 5.53. The highest BCUT2D eigenvalue weighted by molar-refractivity contribution is 9.10. The summed E-state index contributed by atoms with van der Waals surface area (Å²) in [6.07, 6.45) is 1.48. The average Bonchev–Trinajstić information content (AvgIpc) is 2.86. The standard InChI is InChI=1S/C14H17BrN2O2/c1-10-3-4-12(15)11(7-10)14-13(17-9-19-14)8-16-5-6-18-2/h3-4,7,9,16H,5-6,8H2,1-2H3. The topological polar surface area (TPSA) is 47.3 Å². The van der Waals surface area contributed by atoms with E-state index < -0.39 is 0 Å². The van der Waals surface area contributed by atoms with Crippen LogP contribution < -0.4 is 5.32 Å². The lowest BCUT2D eigenvalue weighted by Gasteiger charge is -2.06. The van der Waals surface area contributed by atoms with Crippen molar-refractivity contribution in [3.05, 3.63) is 40.3 Å². The summed E-state index contributed by atoms with van der Waals surface area (Å²) < 4.78 is 11.5. The number of halogens is 1. The van der Waals surface area contributed by atoms with Crippen molar-refractivity contribution < 1.29 is 9.15 Å². The van der Waals surface area contributed by atoms with Gasteiger partial charge in [0.2, 0.25) is 0 Å². The van der Waals surface area contributed by atoms with E-state index in [0.717, 1.165) is 28.0 Å². The van der Waals surface area contributed by atoms with E-state index in [9.17, 15) is 0 Å². The summed E-state index contributed by atoms with van der Waals surface area (Å²) in [5.41, 5.74) is 3.12. The van der Waals surface area contributed by atoms with Crippen LogP contribution in [-0.2, 0) is 11.3 Å². The third kappa shape index (κ3) is 3.65. The zero-order chi connectivity index (χ0) is 13.7. The molecule has 4 nitrogen and oxygen atoms in total. The van der Waals surface area contributed by atoms with Crippen molar-refractivity contribution in [2.75, 3.05) is 20.3 Å². The summed E-state index contributed by atoms with van der Waals surface area (Å²) in [4.78, 5) is 4.27. The van der Waals surface area contributed by atoms with Crippen molar-refractivity contribution >= 4 is 15.9 Å². The molecule has 1 heterocycles. The van der Waals surface area contributed by atoms with Crippen molar-refractivity contribution in [1.29, 1.82) is 0 Å². The molecule has 0 saturated carbocycles. The van der Waals surface area contributed by atoms with Crippen LogP contribution in [0, 0.1) is 6.92 Å². The lowest BCUT2D eigenvalue weighted by molar-refractivity contribution is 0.199. The minimum absolute atomic E-state index is 0.662. The van der Waals surface area contributed by atoms with Gasteiger partial charge in [0.1, 0.15) is 5.69 Å². The molecule has 0 bridgehead atoms. The van der Waals surface area contributed by atoms with Crippen LogP contribution in [0.5, 0.6) is 0 Å². The monoisotopic (exact) mass is 324 g/mol. The number of hydrogen-bond donors (Lipinski definition) is 1. The number of aryl methyl sites for hydroxylation is 1. The smallest absolute Gasteiger partial charge is 0.181 e. The first kappa shape index (κ1) is 14.2. The quantitative estimate of drug-likeness (QED) is 0.829. The Morgan fingerprint density at radius 2 is 2.26 bits per heavy atom. The van der Waals surface area contributed by atoms with Gasteiger partial charge in [-0.2, -0.15) is 0 Å². The fourth-order valence-electron chi connectivity index (χ4n) is 1.81. The van der Waals surface area contributed by atoms with E-state index in [2.05, 4.69) is 45.3 Å². The number of nitrogens with one attached hydrogen (secondary N) is 1. The summed E-state index contributed by atoms with van der Waals surface area (Å²) in [6, 6.07) is 6.17. The maximum Gasteiger partial charge on any atom is 0.181 e. The number of aromatic nitrogens is 1. The van der Waals surface area contributed by atoms with Crippen LogP contribution in [0.3, 0.4) is 0 Å². The number of oxazole rings is 1. The number of methoxy groups -OCH3 is 1. The Balaban J connectivity index is 2.16. The Morgan fingerprint density at radius 3 is 3.05 bits per heavy atom. The first-order chi connectivity index (χ1) is 9.22. The summed E-state index contributed by atoms with van der Waals surface area (Å²) in [6.45, 7) is 4.19. The van der Waals surface area contributed by atoms with E-state index in [-0.39, 0.29) is 0 Å². The molecule has 0 fully saturated rings. The molecule has 0 amide bonds. The van der Waals surface area contributed by atoms with Crippen LogP contribution in [-0.4, -0.2) is 25.2 Å². The first-order valence-corrected chi connectivity index (χ1v) is 6.90. The van der Waals surface area contributed by atoms with Crippen LogP contribution in [0.1, 0.15) is 11.3 Å². The van der Waals surface area contributed by atoms with Crippen molar-refractivity contribution in [2.45, 2.75) is 13.5 Å². The van der Waals surface area contributed by atoms with Gasteiger partial charge in [0, 0.05) is 30.2 Å². The van der Waals surface area contributed by atoms with Crippen LogP contribution in [0.2, 0.25) is 0 Å². The lowest BCUT2D eigenvalue weighted by atomic mass is 10.1. The van der Waals surface area contributed by atoms with E-state index in [4.69, 9.17) is 9.15 Å². The van der Waals surface area contributed by atoms with Crippen molar-refractivity contribution in [3.63, 3.8) is 0 Å². The van der Waals surface area contributed by atoms with Crippen LogP contribution >= 0.6 is 15.9 Å². The third-order valence-electron chi connectivity index (χ3n) is 2.78. The molecule has 0 unspecified atom stereocenters. The number of nitrogens with zero attached hydrogens (tertiary/aromatic N) is 1. The summed E-state index contributed by atoms with van der Waals surface area (Å²) >= 11 is 3.55. The zero-order valence-corrected chi connectivity index (χ0v) is 12.7. The first-order valence-electron chi connectivity index (χ1n) is 6.11. The molecule has 19 heavy (non-hydrogen) atoms. The van der Waals surface area contributed by atoms with E-state index in [1.165, 1.54) is 12.0 Å². The molecule has 1 aromatic heterocycles. The second-order valence-corrected chi connectivity index (χ2v) is 5.14. The maximum absolute atomic E-state index is 5.53. The van der Waals surface area contributed by atoms with Gasteiger partial charge in [0.05, 0.1) is 6.61 Å². The summed E-state index contributed by atoms with van der Waals surface area (Å²) in [7, 11) is 1.69. The van der Waals surface area contributed by atoms with Crippen LogP contribution in [0.15, 0.2) is 33.5 Å². The third-order valence-corrected chi connectivity index (χ3v) is 3.47. The van der Waals surface area contributed by atoms with Gasteiger partial charge in [-0.1, -0.05) is 27.6 Å². The summed E-state index contributed by atoms with van der Waals surface area (Å²) in [5, 5.41) is 3.27. The molecule has 1 aromatic carbocycles. The zero-order valence-electron chi connectivity index (χ0n) is 11.1. The van der Waals surface area contributed by atoms with Gasteiger partial charge in [-0.25, -0.2) is 4.98 Å². The van der Waals surface area contributed by atoms with E-state index in [1.54, 1.807) is 7.11 Å².